The minimum absolute atomic E-state index is 0.607. The molecule has 1 aromatic rings. The van der Waals surface area contributed by atoms with Crippen molar-refractivity contribution in [2.45, 2.75) is 59.9 Å². The molecule has 1 N–H and O–H groups in total. The van der Waals surface area contributed by atoms with Crippen molar-refractivity contribution >= 4 is 0 Å². The van der Waals surface area contributed by atoms with Gasteiger partial charge in [-0.3, -0.25) is 0 Å². The maximum absolute atomic E-state index is 3.63. The molecule has 1 aromatic carbocycles. The quantitative estimate of drug-likeness (QED) is 0.759. The number of hydrogen-bond donors (Lipinski definition) is 1. The highest BCUT2D eigenvalue weighted by molar-refractivity contribution is 5.28. The Morgan fingerprint density at radius 1 is 1.06 bits per heavy atom. The summed E-state index contributed by atoms with van der Waals surface area (Å²) in [6.45, 7) is 12.4. The van der Waals surface area contributed by atoms with Crippen LogP contribution in [0.3, 0.4) is 0 Å². The fourth-order valence-corrected chi connectivity index (χ4v) is 2.70. The molecule has 0 radical (unpaired) electrons. The molecule has 0 saturated heterocycles. The lowest BCUT2D eigenvalue weighted by atomic mass is 9.89. The van der Waals surface area contributed by atoms with E-state index in [1.165, 1.54) is 36.0 Å². The van der Waals surface area contributed by atoms with E-state index < -0.39 is 0 Å². The Morgan fingerprint density at radius 2 is 1.67 bits per heavy atom. The van der Waals surface area contributed by atoms with Crippen molar-refractivity contribution in [1.82, 2.24) is 5.32 Å². The van der Waals surface area contributed by atoms with Crippen LogP contribution < -0.4 is 5.32 Å². The van der Waals surface area contributed by atoms with Gasteiger partial charge in [0, 0.05) is 6.04 Å². The Morgan fingerprint density at radius 3 is 2.17 bits per heavy atom. The van der Waals surface area contributed by atoms with Gasteiger partial charge in [0.15, 0.2) is 0 Å². The molecule has 0 bridgehead atoms. The Kier molecular flexibility index (Phi) is 6.42. The maximum atomic E-state index is 3.63. The molecule has 1 nitrogen and oxygen atoms in total. The fourth-order valence-electron chi connectivity index (χ4n) is 2.70. The van der Waals surface area contributed by atoms with E-state index in [2.05, 4.69) is 58.1 Å². The van der Waals surface area contributed by atoms with Crippen LogP contribution in [0.25, 0.3) is 0 Å². The monoisotopic (exact) mass is 247 g/mol. The van der Waals surface area contributed by atoms with Gasteiger partial charge in [-0.15, -0.1) is 0 Å². The van der Waals surface area contributed by atoms with Crippen LogP contribution in [0.5, 0.6) is 0 Å². The molecule has 0 aromatic heterocycles. The van der Waals surface area contributed by atoms with E-state index in [9.17, 15) is 0 Å². The van der Waals surface area contributed by atoms with Crippen molar-refractivity contribution in [3.63, 3.8) is 0 Å². The summed E-state index contributed by atoms with van der Waals surface area (Å²) in [6.07, 6.45) is 3.64. The zero-order chi connectivity index (χ0) is 13.5. The fraction of sp³-hybridized carbons (Fsp3) is 0.647. The Balaban J connectivity index is 2.66. The van der Waals surface area contributed by atoms with Gasteiger partial charge in [-0.25, -0.2) is 0 Å². The van der Waals surface area contributed by atoms with Gasteiger partial charge in [-0.1, -0.05) is 49.6 Å². The first-order valence-corrected chi connectivity index (χ1v) is 7.37. The molecule has 0 aliphatic heterocycles. The Labute approximate surface area is 113 Å². The topological polar surface area (TPSA) is 12.0 Å². The molecule has 0 aliphatic carbocycles. The summed E-state index contributed by atoms with van der Waals surface area (Å²) in [5.74, 6) is 0.734. The van der Waals surface area contributed by atoms with Crippen LogP contribution >= 0.6 is 0 Å². The smallest absolute Gasteiger partial charge is 0.00700 e. The number of hydrogen-bond acceptors (Lipinski definition) is 1. The van der Waals surface area contributed by atoms with Crippen molar-refractivity contribution in [2.24, 2.45) is 5.92 Å². The number of rotatable bonds is 7. The molecule has 0 heterocycles. The van der Waals surface area contributed by atoms with E-state index in [-0.39, 0.29) is 0 Å². The van der Waals surface area contributed by atoms with Crippen molar-refractivity contribution in [3.8, 4) is 0 Å². The highest BCUT2D eigenvalue weighted by Gasteiger charge is 2.15. The highest BCUT2D eigenvalue weighted by atomic mass is 14.9. The normalized spacial score (nSPS) is 14.5. The first kappa shape index (κ1) is 15.2. The van der Waals surface area contributed by atoms with Crippen molar-refractivity contribution < 1.29 is 0 Å². The predicted octanol–water partition coefficient (Wildman–Crippen LogP) is 4.26. The van der Waals surface area contributed by atoms with Crippen molar-refractivity contribution in [1.29, 1.82) is 0 Å². The first-order valence-electron chi connectivity index (χ1n) is 7.37. The van der Waals surface area contributed by atoms with Gasteiger partial charge in [-0.2, -0.15) is 0 Å². The average Bonchev–Trinajstić information content (AvgIpc) is 2.31. The summed E-state index contributed by atoms with van der Waals surface area (Å²) in [4.78, 5) is 0. The second kappa shape index (κ2) is 7.58. The molecule has 0 saturated carbocycles. The van der Waals surface area contributed by atoms with Crippen LogP contribution in [0.1, 0.15) is 50.3 Å². The minimum atomic E-state index is 0.607. The molecular formula is C17H29N. The molecule has 1 heteroatoms. The number of nitrogens with one attached hydrogen (secondary N) is 1. The SMILES string of the molecule is CCCNC(C)C(CC)Cc1cc(C)cc(C)c1. The summed E-state index contributed by atoms with van der Waals surface area (Å²) in [7, 11) is 0. The standard InChI is InChI=1S/C17H29N/c1-6-8-18-15(5)17(7-2)12-16-10-13(3)9-14(4)11-16/h9-11,15,17-18H,6-8,12H2,1-5H3. The maximum Gasteiger partial charge on any atom is 0.00700 e. The molecule has 2 unspecified atom stereocenters. The van der Waals surface area contributed by atoms with Crippen LogP contribution in [0.2, 0.25) is 0 Å². The van der Waals surface area contributed by atoms with Crippen molar-refractivity contribution in [2.75, 3.05) is 6.54 Å². The van der Waals surface area contributed by atoms with Crippen LogP contribution in [0.4, 0.5) is 0 Å². The lowest BCUT2D eigenvalue weighted by Gasteiger charge is -2.24. The molecule has 2 atom stereocenters. The molecule has 0 aliphatic rings. The summed E-state index contributed by atoms with van der Waals surface area (Å²) in [5.41, 5.74) is 4.26. The number of benzene rings is 1. The summed E-state index contributed by atoms with van der Waals surface area (Å²) >= 11 is 0. The summed E-state index contributed by atoms with van der Waals surface area (Å²) in [6, 6.07) is 7.53. The molecule has 0 amide bonds. The second-order valence-electron chi connectivity index (χ2n) is 5.61. The zero-order valence-corrected chi connectivity index (χ0v) is 12.7. The van der Waals surface area contributed by atoms with E-state index in [4.69, 9.17) is 0 Å². The van der Waals surface area contributed by atoms with Crippen LogP contribution in [-0.4, -0.2) is 12.6 Å². The van der Waals surface area contributed by atoms with Gasteiger partial charge in [0.2, 0.25) is 0 Å². The molecular weight excluding hydrogens is 218 g/mol. The van der Waals surface area contributed by atoms with E-state index in [0.29, 0.717) is 6.04 Å². The summed E-state index contributed by atoms with van der Waals surface area (Å²) < 4.78 is 0. The zero-order valence-electron chi connectivity index (χ0n) is 12.7. The summed E-state index contributed by atoms with van der Waals surface area (Å²) in [5, 5.41) is 3.63. The average molecular weight is 247 g/mol. The Hall–Kier alpha value is -0.820. The Bertz CT molecular complexity index is 336. The highest BCUT2D eigenvalue weighted by Crippen LogP contribution is 2.18. The van der Waals surface area contributed by atoms with Gasteiger partial charge in [0.25, 0.3) is 0 Å². The van der Waals surface area contributed by atoms with Crippen molar-refractivity contribution in [3.05, 3.63) is 34.9 Å². The third kappa shape index (κ3) is 4.81. The molecule has 0 spiro atoms. The van der Waals surface area contributed by atoms with Gasteiger partial charge >= 0.3 is 0 Å². The molecule has 18 heavy (non-hydrogen) atoms. The minimum Gasteiger partial charge on any atom is -0.314 e. The van der Waals surface area contributed by atoms with E-state index in [0.717, 1.165) is 12.5 Å². The largest absolute Gasteiger partial charge is 0.314 e. The predicted molar refractivity (Wildman–Crippen MR) is 81.2 cm³/mol. The molecule has 1 rings (SSSR count). The van der Waals surface area contributed by atoms with Gasteiger partial charge in [0.1, 0.15) is 0 Å². The van der Waals surface area contributed by atoms with Gasteiger partial charge in [0.05, 0.1) is 0 Å². The van der Waals surface area contributed by atoms with Gasteiger partial charge < -0.3 is 5.32 Å². The first-order chi connectivity index (χ1) is 8.56. The van der Waals surface area contributed by atoms with Crippen LogP contribution in [0.15, 0.2) is 18.2 Å². The van der Waals surface area contributed by atoms with E-state index in [1.807, 2.05) is 0 Å². The third-order valence-corrected chi connectivity index (χ3v) is 3.73. The van der Waals surface area contributed by atoms with E-state index >= 15 is 0 Å². The third-order valence-electron chi connectivity index (χ3n) is 3.73. The lowest BCUT2D eigenvalue weighted by molar-refractivity contribution is 0.362. The van der Waals surface area contributed by atoms with Crippen LogP contribution in [-0.2, 0) is 6.42 Å². The second-order valence-corrected chi connectivity index (χ2v) is 5.61. The number of aryl methyl sites for hydroxylation is 2. The van der Waals surface area contributed by atoms with Crippen LogP contribution in [0, 0.1) is 19.8 Å². The molecule has 102 valence electrons. The van der Waals surface area contributed by atoms with E-state index in [1.54, 1.807) is 0 Å². The lowest BCUT2D eigenvalue weighted by Crippen LogP contribution is -2.34. The van der Waals surface area contributed by atoms with Gasteiger partial charge in [-0.05, 0) is 51.6 Å². The molecule has 0 fully saturated rings.